The maximum Gasteiger partial charge on any atom is 0.220 e. The fourth-order valence-corrected chi connectivity index (χ4v) is 3.95. The van der Waals surface area contributed by atoms with Crippen molar-refractivity contribution >= 4 is 11.6 Å². The molecule has 3 heterocycles. The Balaban J connectivity index is 1.46. The van der Waals surface area contributed by atoms with Crippen LogP contribution >= 0.6 is 0 Å². The molecule has 0 unspecified atom stereocenters. The molecule has 1 aromatic carbocycles. The number of aryl methyl sites for hydroxylation is 2. The van der Waals surface area contributed by atoms with Crippen molar-refractivity contribution in [1.29, 1.82) is 5.26 Å². The summed E-state index contributed by atoms with van der Waals surface area (Å²) in [5, 5.41) is 16.6. The predicted octanol–water partition coefficient (Wildman–Crippen LogP) is 3.19. The van der Waals surface area contributed by atoms with Crippen molar-refractivity contribution in [2.24, 2.45) is 0 Å². The van der Waals surface area contributed by atoms with E-state index in [1.54, 1.807) is 4.52 Å². The van der Waals surface area contributed by atoms with Crippen molar-refractivity contribution < 1.29 is 14.3 Å². The van der Waals surface area contributed by atoms with Gasteiger partial charge in [0.25, 0.3) is 0 Å². The number of carbonyl (C=O) groups is 1. The van der Waals surface area contributed by atoms with Crippen LogP contribution in [0.5, 0.6) is 11.5 Å². The van der Waals surface area contributed by atoms with Crippen molar-refractivity contribution in [2.75, 3.05) is 13.2 Å². The highest BCUT2D eigenvalue weighted by Crippen LogP contribution is 2.33. The summed E-state index contributed by atoms with van der Waals surface area (Å²) in [7, 11) is 0. The third kappa shape index (κ3) is 4.04. The first kappa shape index (κ1) is 20.7. The molecule has 1 aliphatic heterocycles. The second kappa shape index (κ2) is 8.64. The number of aromatic nitrogens is 3. The average molecular weight is 419 g/mol. The van der Waals surface area contributed by atoms with Crippen molar-refractivity contribution in [3.63, 3.8) is 0 Å². The van der Waals surface area contributed by atoms with E-state index in [0.717, 1.165) is 40.4 Å². The molecule has 31 heavy (non-hydrogen) atoms. The molecule has 0 spiro atoms. The third-order valence-electron chi connectivity index (χ3n) is 5.64. The van der Waals surface area contributed by atoms with E-state index in [1.165, 1.54) is 6.20 Å². The molecular weight excluding hydrogens is 394 g/mol. The summed E-state index contributed by atoms with van der Waals surface area (Å²) >= 11 is 0. The van der Waals surface area contributed by atoms with E-state index in [-0.39, 0.29) is 11.9 Å². The first-order chi connectivity index (χ1) is 15.0. The van der Waals surface area contributed by atoms with Gasteiger partial charge < -0.3 is 14.8 Å². The summed E-state index contributed by atoms with van der Waals surface area (Å²) in [4.78, 5) is 17.3. The minimum atomic E-state index is -0.101. The maximum absolute atomic E-state index is 12.7. The zero-order chi connectivity index (χ0) is 22.0. The lowest BCUT2D eigenvalue weighted by molar-refractivity contribution is -0.121. The van der Waals surface area contributed by atoms with E-state index in [0.29, 0.717) is 37.3 Å². The molecule has 1 amide bonds. The molecule has 8 nitrogen and oxygen atoms in total. The molecule has 0 fully saturated rings. The van der Waals surface area contributed by atoms with Crippen LogP contribution in [0.15, 0.2) is 24.4 Å². The number of hydrogen-bond donors (Lipinski definition) is 1. The Morgan fingerprint density at radius 2 is 2.06 bits per heavy atom. The van der Waals surface area contributed by atoms with Gasteiger partial charge in [-0.3, -0.25) is 4.79 Å². The Bertz CT molecular complexity index is 1180. The molecule has 2 aromatic heterocycles. The standard InChI is InChI=1S/C23H25N5O3/c1-4-19(16-5-7-20-21(11-16)31-10-9-30-20)27-22(29)8-6-18-14(2)26-23-17(12-24)13-25-28(23)15(18)3/h5,7,11,13,19H,4,6,8-10H2,1-3H3,(H,27,29)/t19-/m0/s1. The monoisotopic (exact) mass is 419 g/mol. The Morgan fingerprint density at radius 3 is 2.81 bits per heavy atom. The molecule has 0 radical (unpaired) electrons. The Hall–Kier alpha value is -3.60. The predicted molar refractivity (Wildman–Crippen MR) is 114 cm³/mol. The molecule has 4 rings (SSSR count). The lowest BCUT2D eigenvalue weighted by atomic mass is 10.0. The van der Waals surface area contributed by atoms with Crippen LogP contribution in [0, 0.1) is 25.2 Å². The number of carbonyl (C=O) groups excluding carboxylic acids is 1. The molecule has 0 saturated carbocycles. The van der Waals surface area contributed by atoms with Gasteiger partial charge in [0.1, 0.15) is 24.8 Å². The molecule has 1 atom stereocenters. The van der Waals surface area contributed by atoms with Gasteiger partial charge in [-0.05, 0) is 49.9 Å². The van der Waals surface area contributed by atoms with Gasteiger partial charge >= 0.3 is 0 Å². The largest absolute Gasteiger partial charge is 0.486 e. The minimum Gasteiger partial charge on any atom is -0.486 e. The van der Waals surface area contributed by atoms with Crippen LogP contribution in [0.25, 0.3) is 5.65 Å². The van der Waals surface area contributed by atoms with Crippen molar-refractivity contribution in [3.8, 4) is 17.6 Å². The van der Waals surface area contributed by atoms with Crippen LogP contribution in [-0.2, 0) is 11.2 Å². The van der Waals surface area contributed by atoms with E-state index in [2.05, 4.69) is 21.5 Å². The van der Waals surface area contributed by atoms with Gasteiger partial charge in [0.05, 0.1) is 12.2 Å². The highest BCUT2D eigenvalue weighted by atomic mass is 16.6. The molecular formula is C23H25N5O3. The number of nitrogens with one attached hydrogen (secondary N) is 1. The number of amides is 1. The number of fused-ring (bicyclic) bond motifs is 2. The molecule has 0 aliphatic carbocycles. The SMILES string of the molecule is CC[C@H](NC(=O)CCc1c(C)nc2c(C#N)cnn2c1C)c1ccc2c(c1)OCCO2. The molecule has 1 aliphatic rings. The topological polar surface area (TPSA) is 102 Å². The van der Waals surface area contributed by atoms with Crippen LogP contribution in [0.2, 0.25) is 0 Å². The number of nitrogens with zero attached hydrogens (tertiary/aromatic N) is 4. The van der Waals surface area contributed by atoms with Gasteiger partial charge in [0, 0.05) is 17.8 Å². The number of hydrogen-bond acceptors (Lipinski definition) is 6. The normalized spacial score (nSPS) is 13.6. The molecule has 0 saturated heterocycles. The first-order valence-corrected chi connectivity index (χ1v) is 10.4. The zero-order valence-corrected chi connectivity index (χ0v) is 17.9. The Kier molecular flexibility index (Phi) is 5.76. The molecule has 1 N–H and O–H groups in total. The van der Waals surface area contributed by atoms with Crippen molar-refractivity contribution in [3.05, 3.63) is 52.5 Å². The smallest absolute Gasteiger partial charge is 0.220 e. The highest BCUT2D eigenvalue weighted by Gasteiger charge is 2.19. The molecule has 160 valence electrons. The quantitative estimate of drug-likeness (QED) is 0.658. The van der Waals surface area contributed by atoms with Gasteiger partial charge in [-0.1, -0.05) is 13.0 Å². The number of ether oxygens (including phenoxy) is 2. The highest BCUT2D eigenvalue weighted by molar-refractivity contribution is 5.77. The fraction of sp³-hybridized carbons (Fsp3) is 0.391. The van der Waals surface area contributed by atoms with E-state index < -0.39 is 0 Å². The number of rotatable bonds is 6. The van der Waals surface area contributed by atoms with Gasteiger partial charge in [-0.25, -0.2) is 9.50 Å². The van der Waals surface area contributed by atoms with Gasteiger partial charge in [-0.15, -0.1) is 0 Å². The van der Waals surface area contributed by atoms with Crippen LogP contribution in [0.1, 0.15) is 53.9 Å². The fourth-order valence-electron chi connectivity index (χ4n) is 3.95. The number of nitriles is 1. The van der Waals surface area contributed by atoms with Crippen LogP contribution in [0.3, 0.4) is 0 Å². The molecule has 3 aromatic rings. The summed E-state index contributed by atoms with van der Waals surface area (Å²) in [6, 6.07) is 7.82. The lowest BCUT2D eigenvalue weighted by Gasteiger charge is -2.22. The summed E-state index contributed by atoms with van der Waals surface area (Å²) in [6.45, 7) is 6.96. The maximum atomic E-state index is 12.7. The second-order valence-corrected chi connectivity index (χ2v) is 7.60. The average Bonchev–Trinajstić information content (AvgIpc) is 3.20. The third-order valence-corrected chi connectivity index (χ3v) is 5.64. The lowest BCUT2D eigenvalue weighted by Crippen LogP contribution is -2.28. The van der Waals surface area contributed by atoms with E-state index in [9.17, 15) is 10.1 Å². The Labute approximate surface area is 180 Å². The van der Waals surface area contributed by atoms with E-state index in [4.69, 9.17) is 9.47 Å². The summed E-state index contributed by atoms with van der Waals surface area (Å²) in [5.74, 6) is 1.43. The molecule has 0 bridgehead atoms. The Morgan fingerprint density at radius 1 is 1.29 bits per heavy atom. The van der Waals surface area contributed by atoms with Gasteiger partial charge in [0.15, 0.2) is 17.1 Å². The zero-order valence-electron chi connectivity index (χ0n) is 17.9. The van der Waals surface area contributed by atoms with Crippen molar-refractivity contribution in [1.82, 2.24) is 19.9 Å². The van der Waals surface area contributed by atoms with Crippen LogP contribution in [-0.4, -0.2) is 33.7 Å². The summed E-state index contributed by atoms with van der Waals surface area (Å²) in [5.41, 5.74) is 4.68. The van der Waals surface area contributed by atoms with E-state index in [1.807, 2.05) is 39.0 Å². The van der Waals surface area contributed by atoms with Gasteiger partial charge in [0.2, 0.25) is 5.91 Å². The first-order valence-electron chi connectivity index (χ1n) is 10.4. The van der Waals surface area contributed by atoms with Crippen molar-refractivity contribution in [2.45, 2.75) is 46.1 Å². The number of benzene rings is 1. The van der Waals surface area contributed by atoms with Crippen LogP contribution in [0.4, 0.5) is 0 Å². The van der Waals surface area contributed by atoms with Gasteiger partial charge in [-0.2, -0.15) is 10.4 Å². The summed E-state index contributed by atoms with van der Waals surface area (Å²) < 4.78 is 12.9. The van der Waals surface area contributed by atoms with E-state index >= 15 is 0 Å². The summed E-state index contributed by atoms with van der Waals surface area (Å²) in [6.07, 6.45) is 3.17. The molecule has 8 heteroatoms. The second-order valence-electron chi connectivity index (χ2n) is 7.60. The minimum absolute atomic E-state index is 0.0289. The van der Waals surface area contributed by atoms with Crippen LogP contribution < -0.4 is 14.8 Å².